The third-order valence-electron chi connectivity index (χ3n) is 12.0. The van der Waals surface area contributed by atoms with Gasteiger partial charge in [0, 0.05) is 42.8 Å². The molecule has 0 aliphatic rings. The van der Waals surface area contributed by atoms with Gasteiger partial charge >= 0.3 is 0 Å². The fourth-order valence-electron chi connectivity index (χ4n) is 9.00. The summed E-state index contributed by atoms with van der Waals surface area (Å²) in [6.45, 7) is 4.62. The van der Waals surface area contributed by atoms with E-state index in [1.165, 1.54) is 75.1 Å². The molecule has 2 heterocycles. The Morgan fingerprint density at radius 2 is 0.967 bits per heavy atom. The molecule has 0 fully saturated rings. The van der Waals surface area contributed by atoms with E-state index in [0.29, 0.717) is 17.5 Å². The van der Waals surface area contributed by atoms with Crippen molar-refractivity contribution >= 4 is 53.1 Å². The summed E-state index contributed by atoms with van der Waals surface area (Å²) in [5.41, 5.74) is 11.5. The highest BCUT2D eigenvalue weighted by Gasteiger charge is 2.26. The molecule has 284 valence electrons. The van der Waals surface area contributed by atoms with E-state index in [-0.39, 0.29) is 5.92 Å². The molecular formula is C56H39N3S. The Bertz CT molecular complexity index is 3390. The first kappa shape index (κ1) is 35.9. The summed E-state index contributed by atoms with van der Waals surface area (Å²) in [6.07, 6.45) is 0. The van der Waals surface area contributed by atoms with Gasteiger partial charge in [-0.1, -0.05) is 177 Å². The summed E-state index contributed by atoms with van der Waals surface area (Å²) in [6, 6.07) is 69.5. The van der Waals surface area contributed by atoms with Gasteiger partial charge < -0.3 is 0 Å². The molecule has 9 aromatic carbocycles. The van der Waals surface area contributed by atoms with E-state index in [9.17, 15) is 0 Å². The molecule has 0 aliphatic carbocycles. The molecule has 11 rings (SSSR count). The first-order chi connectivity index (χ1) is 29.6. The van der Waals surface area contributed by atoms with Gasteiger partial charge in [0.05, 0.1) is 0 Å². The van der Waals surface area contributed by atoms with Crippen molar-refractivity contribution in [1.29, 1.82) is 0 Å². The van der Waals surface area contributed by atoms with Crippen LogP contribution in [0.1, 0.15) is 29.5 Å². The molecule has 1 unspecified atom stereocenters. The summed E-state index contributed by atoms with van der Waals surface area (Å²) < 4.78 is 2.52. The Labute approximate surface area is 353 Å². The number of thiophene rings is 1. The minimum absolute atomic E-state index is 0.0438. The lowest BCUT2D eigenvalue weighted by atomic mass is 9.80. The zero-order valence-electron chi connectivity index (χ0n) is 33.3. The Kier molecular flexibility index (Phi) is 8.87. The van der Waals surface area contributed by atoms with Crippen LogP contribution in [0.15, 0.2) is 194 Å². The summed E-state index contributed by atoms with van der Waals surface area (Å²) in [7, 11) is 0. The lowest BCUT2D eigenvalue weighted by molar-refractivity contribution is 0.935. The lowest BCUT2D eigenvalue weighted by Gasteiger charge is -2.24. The predicted octanol–water partition coefficient (Wildman–Crippen LogP) is 15.3. The molecule has 0 bridgehead atoms. The van der Waals surface area contributed by atoms with Crippen molar-refractivity contribution < 1.29 is 0 Å². The van der Waals surface area contributed by atoms with Gasteiger partial charge in [-0.3, -0.25) is 0 Å². The van der Waals surface area contributed by atoms with E-state index in [1.54, 1.807) is 0 Å². The second-order valence-electron chi connectivity index (χ2n) is 15.6. The van der Waals surface area contributed by atoms with Crippen LogP contribution in [0.25, 0.3) is 98.1 Å². The van der Waals surface area contributed by atoms with Gasteiger partial charge in [-0.05, 0) is 91.7 Å². The van der Waals surface area contributed by atoms with E-state index in [0.717, 1.165) is 22.3 Å². The molecule has 0 N–H and O–H groups in total. The number of aryl methyl sites for hydroxylation is 1. The molecule has 11 aromatic rings. The topological polar surface area (TPSA) is 38.7 Å². The molecule has 1 atom stereocenters. The van der Waals surface area contributed by atoms with Gasteiger partial charge in [-0.25, -0.2) is 15.0 Å². The van der Waals surface area contributed by atoms with Crippen LogP contribution in [0.3, 0.4) is 0 Å². The number of rotatable bonds is 7. The highest BCUT2D eigenvalue weighted by Crippen LogP contribution is 2.48. The number of hydrogen-bond donors (Lipinski definition) is 0. The fourth-order valence-corrected chi connectivity index (χ4v) is 10.1. The maximum atomic E-state index is 5.37. The molecule has 0 saturated carbocycles. The molecule has 4 heteroatoms. The van der Waals surface area contributed by atoms with Gasteiger partial charge in [0.2, 0.25) is 0 Å². The number of fused-ring (bicyclic) bond motifs is 5. The summed E-state index contributed by atoms with van der Waals surface area (Å²) in [4.78, 5) is 15.8. The van der Waals surface area contributed by atoms with E-state index < -0.39 is 0 Å². The van der Waals surface area contributed by atoms with Crippen LogP contribution in [0.2, 0.25) is 0 Å². The summed E-state index contributed by atoms with van der Waals surface area (Å²) in [5.74, 6) is 1.91. The molecule has 0 saturated heterocycles. The van der Waals surface area contributed by atoms with Gasteiger partial charge in [0.1, 0.15) is 0 Å². The third-order valence-corrected chi connectivity index (χ3v) is 13.1. The van der Waals surface area contributed by atoms with Crippen LogP contribution in [0, 0.1) is 6.92 Å². The quantitative estimate of drug-likeness (QED) is 0.162. The molecule has 0 spiro atoms. The normalized spacial score (nSPS) is 12.1. The highest BCUT2D eigenvalue weighted by atomic mass is 32.1. The zero-order chi connectivity index (χ0) is 40.2. The van der Waals surface area contributed by atoms with Crippen LogP contribution < -0.4 is 0 Å². The van der Waals surface area contributed by atoms with E-state index in [2.05, 4.69) is 184 Å². The highest BCUT2D eigenvalue weighted by molar-refractivity contribution is 7.25. The second-order valence-corrected chi connectivity index (χ2v) is 16.7. The Morgan fingerprint density at radius 1 is 0.417 bits per heavy atom. The Morgan fingerprint density at radius 3 is 1.70 bits per heavy atom. The molecule has 2 aromatic heterocycles. The summed E-state index contributed by atoms with van der Waals surface area (Å²) >= 11 is 1.85. The SMILES string of the molecule is Cc1cc2ccccc2cc1-c1c(C(C)c2c(-c3nc(-c4ccccc4)nc(-c4ccc(-c5ccccc5)cc4)n3)ccc3sc4ccccc4c23)ccc2ccccc12. The van der Waals surface area contributed by atoms with Crippen LogP contribution in [0.4, 0.5) is 0 Å². The molecule has 0 radical (unpaired) electrons. The first-order valence-corrected chi connectivity index (χ1v) is 21.3. The number of aromatic nitrogens is 3. The standard InChI is InChI=1S/C56H39N3S/c1-35-33-42-20-9-10-21-43(42)34-48(35)52-44(30-29-39-17-11-12-22-45(39)52)36(2)51-47(31-32-50-53(51)46-23-13-14-24-49(46)60-50)56-58-54(40-18-7-4-8-19-40)57-55(59-56)41-27-25-38(26-28-41)37-15-5-3-6-16-37/h3-34,36H,1-2H3. The maximum absolute atomic E-state index is 5.37. The number of nitrogens with zero attached hydrogens (tertiary/aromatic N) is 3. The summed E-state index contributed by atoms with van der Waals surface area (Å²) in [5, 5.41) is 7.46. The van der Waals surface area contributed by atoms with Crippen LogP contribution >= 0.6 is 11.3 Å². The zero-order valence-corrected chi connectivity index (χ0v) is 34.1. The average Bonchev–Trinajstić information content (AvgIpc) is 3.70. The number of hydrogen-bond acceptors (Lipinski definition) is 4. The van der Waals surface area contributed by atoms with E-state index in [4.69, 9.17) is 15.0 Å². The fraction of sp³-hybridized carbons (Fsp3) is 0.0536. The second kappa shape index (κ2) is 14.8. The van der Waals surface area contributed by atoms with Crippen molar-refractivity contribution in [3.8, 4) is 56.4 Å². The number of benzene rings is 9. The maximum Gasteiger partial charge on any atom is 0.164 e. The van der Waals surface area contributed by atoms with Crippen molar-refractivity contribution in [2.75, 3.05) is 0 Å². The van der Waals surface area contributed by atoms with Crippen LogP contribution in [-0.2, 0) is 0 Å². The van der Waals surface area contributed by atoms with Crippen molar-refractivity contribution in [2.45, 2.75) is 19.8 Å². The largest absolute Gasteiger partial charge is 0.208 e. The third kappa shape index (κ3) is 6.25. The van der Waals surface area contributed by atoms with Gasteiger partial charge in [0.25, 0.3) is 0 Å². The van der Waals surface area contributed by atoms with Gasteiger partial charge in [-0.2, -0.15) is 0 Å². The molecule has 0 amide bonds. The minimum atomic E-state index is -0.0438. The monoisotopic (exact) mass is 785 g/mol. The Balaban J connectivity index is 1.17. The van der Waals surface area contributed by atoms with Crippen molar-refractivity contribution in [3.05, 3.63) is 211 Å². The van der Waals surface area contributed by atoms with E-state index >= 15 is 0 Å². The molecule has 3 nitrogen and oxygen atoms in total. The van der Waals surface area contributed by atoms with Gasteiger partial charge in [0.15, 0.2) is 17.5 Å². The minimum Gasteiger partial charge on any atom is -0.208 e. The smallest absolute Gasteiger partial charge is 0.164 e. The molecular weight excluding hydrogens is 747 g/mol. The predicted molar refractivity (Wildman–Crippen MR) is 254 cm³/mol. The van der Waals surface area contributed by atoms with Crippen molar-refractivity contribution in [2.24, 2.45) is 0 Å². The van der Waals surface area contributed by atoms with Gasteiger partial charge in [-0.15, -0.1) is 11.3 Å². The lowest BCUT2D eigenvalue weighted by Crippen LogP contribution is -2.06. The first-order valence-electron chi connectivity index (χ1n) is 20.5. The molecule has 60 heavy (non-hydrogen) atoms. The van der Waals surface area contributed by atoms with Crippen molar-refractivity contribution in [3.63, 3.8) is 0 Å². The van der Waals surface area contributed by atoms with Crippen LogP contribution in [0.5, 0.6) is 0 Å². The Hall–Kier alpha value is -7.27. The van der Waals surface area contributed by atoms with Crippen LogP contribution in [-0.4, -0.2) is 15.0 Å². The van der Waals surface area contributed by atoms with E-state index in [1.807, 2.05) is 35.6 Å². The molecule has 0 aliphatic heterocycles. The van der Waals surface area contributed by atoms with Crippen molar-refractivity contribution in [1.82, 2.24) is 15.0 Å². The average molecular weight is 786 g/mol.